The molecule has 0 aliphatic rings. The Balaban J connectivity index is 3.86. The third kappa shape index (κ3) is 4.10. The lowest BCUT2D eigenvalue weighted by atomic mass is 10.1. The van der Waals surface area contributed by atoms with Gasteiger partial charge in [0.1, 0.15) is 0 Å². The predicted molar refractivity (Wildman–Crippen MR) is 55.5 cm³/mol. The fraction of sp³-hybridized carbons (Fsp3) is 0.889. The van der Waals surface area contributed by atoms with Crippen LogP contribution in [0.15, 0.2) is 0 Å². The van der Waals surface area contributed by atoms with E-state index >= 15 is 0 Å². The summed E-state index contributed by atoms with van der Waals surface area (Å²) in [6, 6.07) is 0. The molecule has 0 bridgehead atoms. The molecule has 0 heterocycles. The van der Waals surface area contributed by atoms with Gasteiger partial charge in [0, 0.05) is 13.6 Å². The number of amides is 1. The van der Waals surface area contributed by atoms with Crippen LogP contribution in [0, 0.1) is 5.92 Å². The van der Waals surface area contributed by atoms with E-state index in [1.807, 2.05) is 14.0 Å². The summed E-state index contributed by atoms with van der Waals surface area (Å²) in [7, 11) is 1.85. The van der Waals surface area contributed by atoms with Gasteiger partial charge in [-0.3, -0.25) is 4.79 Å². The highest BCUT2D eigenvalue weighted by molar-refractivity contribution is 9.10. The number of nitrogens with zero attached hydrogens (tertiary/aromatic N) is 1. The zero-order valence-corrected chi connectivity index (χ0v) is 9.89. The molecule has 0 saturated carbocycles. The second-order valence-corrected chi connectivity index (χ2v) is 4.72. The van der Waals surface area contributed by atoms with Crippen LogP contribution in [-0.2, 0) is 4.79 Å². The second kappa shape index (κ2) is 5.57. The third-order valence-corrected chi connectivity index (χ3v) is 2.39. The summed E-state index contributed by atoms with van der Waals surface area (Å²) in [6.45, 7) is 7.00. The Bertz CT molecular complexity index is 147. The van der Waals surface area contributed by atoms with Crippen molar-refractivity contribution in [3.63, 3.8) is 0 Å². The first-order valence-corrected chi connectivity index (χ1v) is 5.29. The number of rotatable bonds is 4. The van der Waals surface area contributed by atoms with Gasteiger partial charge in [0.15, 0.2) is 0 Å². The lowest BCUT2D eigenvalue weighted by Crippen LogP contribution is -2.35. The molecule has 0 aliphatic heterocycles. The number of hydrogen-bond acceptors (Lipinski definition) is 1. The van der Waals surface area contributed by atoms with Crippen molar-refractivity contribution < 1.29 is 4.79 Å². The summed E-state index contributed by atoms with van der Waals surface area (Å²) in [5.41, 5.74) is 0. The monoisotopic (exact) mass is 235 g/mol. The maximum absolute atomic E-state index is 11.4. The van der Waals surface area contributed by atoms with Crippen molar-refractivity contribution in [2.24, 2.45) is 5.92 Å². The van der Waals surface area contributed by atoms with Crippen LogP contribution in [0.3, 0.4) is 0 Å². The zero-order chi connectivity index (χ0) is 9.72. The van der Waals surface area contributed by atoms with Crippen LogP contribution in [0.4, 0.5) is 0 Å². The number of halogens is 1. The van der Waals surface area contributed by atoms with Gasteiger partial charge in [0.2, 0.25) is 5.91 Å². The summed E-state index contributed by atoms with van der Waals surface area (Å²) in [4.78, 5) is 13.1. The Morgan fingerprint density at radius 1 is 1.50 bits per heavy atom. The first-order valence-electron chi connectivity index (χ1n) is 4.38. The first-order chi connectivity index (χ1) is 5.49. The zero-order valence-electron chi connectivity index (χ0n) is 8.30. The fourth-order valence-corrected chi connectivity index (χ4v) is 1.34. The Morgan fingerprint density at radius 2 is 2.00 bits per heavy atom. The Kier molecular flexibility index (Phi) is 5.55. The van der Waals surface area contributed by atoms with Crippen LogP contribution in [0.1, 0.15) is 27.2 Å². The first kappa shape index (κ1) is 11.9. The molecular formula is C9H18BrNO. The normalized spacial score (nSPS) is 15.4. The topological polar surface area (TPSA) is 20.3 Å². The third-order valence-electron chi connectivity index (χ3n) is 2.00. The van der Waals surface area contributed by atoms with Gasteiger partial charge in [-0.05, 0) is 12.8 Å². The standard InChI is InChI=1S/C9H18BrNO/c1-5-7(2)6-11(4)9(12)8(3)10/h7-8H,5-6H2,1-4H3. The van der Waals surface area contributed by atoms with E-state index in [9.17, 15) is 4.79 Å². The van der Waals surface area contributed by atoms with Crippen LogP contribution in [-0.4, -0.2) is 29.2 Å². The predicted octanol–water partition coefficient (Wildman–Crippen LogP) is 2.27. The molecule has 0 rings (SSSR count). The second-order valence-electron chi connectivity index (χ2n) is 3.35. The molecule has 0 aromatic heterocycles. The molecule has 0 fully saturated rings. The van der Waals surface area contributed by atoms with Crippen LogP contribution in [0.2, 0.25) is 0 Å². The van der Waals surface area contributed by atoms with Gasteiger partial charge in [-0.25, -0.2) is 0 Å². The Labute approximate surface area is 83.4 Å². The van der Waals surface area contributed by atoms with E-state index in [1.54, 1.807) is 4.90 Å². The minimum atomic E-state index is -0.0634. The average Bonchev–Trinajstić information content (AvgIpc) is 2.02. The molecule has 72 valence electrons. The molecule has 0 aromatic rings. The highest BCUT2D eigenvalue weighted by Gasteiger charge is 2.15. The smallest absolute Gasteiger partial charge is 0.235 e. The molecule has 0 aliphatic carbocycles. The van der Waals surface area contributed by atoms with Crippen LogP contribution in [0.25, 0.3) is 0 Å². The molecule has 3 heteroatoms. The molecule has 0 radical (unpaired) electrons. The number of carbonyl (C=O) groups excluding carboxylic acids is 1. The van der Waals surface area contributed by atoms with Gasteiger partial charge >= 0.3 is 0 Å². The Hall–Kier alpha value is -0.0500. The van der Waals surface area contributed by atoms with Gasteiger partial charge in [-0.1, -0.05) is 36.2 Å². The summed E-state index contributed by atoms with van der Waals surface area (Å²) in [6.07, 6.45) is 1.12. The maximum Gasteiger partial charge on any atom is 0.235 e. The van der Waals surface area contributed by atoms with E-state index in [2.05, 4.69) is 29.8 Å². The maximum atomic E-state index is 11.4. The average molecular weight is 236 g/mol. The minimum absolute atomic E-state index is 0.0634. The van der Waals surface area contributed by atoms with Crippen molar-refractivity contribution >= 4 is 21.8 Å². The molecule has 0 N–H and O–H groups in total. The van der Waals surface area contributed by atoms with E-state index < -0.39 is 0 Å². The molecule has 2 atom stereocenters. The largest absolute Gasteiger partial charge is 0.345 e. The van der Waals surface area contributed by atoms with E-state index in [0.717, 1.165) is 13.0 Å². The van der Waals surface area contributed by atoms with E-state index in [1.165, 1.54) is 0 Å². The van der Waals surface area contributed by atoms with Gasteiger partial charge in [-0.2, -0.15) is 0 Å². The van der Waals surface area contributed by atoms with Gasteiger partial charge in [0.05, 0.1) is 4.83 Å². The van der Waals surface area contributed by atoms with Crippen molar-refractivity contribution in [1.29, 1.82) is 0 Å². The van der Waals surface area contributed by atoms with Crippen LogP contribution < -0.4 is 0 Å². The highest BCUT2D eigenvalue weighted by Crippen LogP contribution is 2.07. The number of carbonyl (C=O) groups is 1. The van der Waals surface area contributed by atoms with E-state index in [0.29, 0.717) is 5.92 Å². The lowest BCUT2D eigenvalue weighted by Gasteiger charge is -2.21. The summed E-state index contributed by atoms with van der Waals surface area (Å²) in [5.74, 6) is 0.750. The van der Waals surface area contributed by atoms with Crippen molar-refractivity contribution in [3.05, 3.63) is 0 Å². The van der Waals surface area contributed by atoms with Crippen LogP contribution >= 0.6 is 15.9 Å². The molecule has 12 heavy (non-hydrogen) atoms. The number of hydrogen-bond donors (Lipinski definition) is 0. The quantitative estimate of drug-likeness (QED) is 0.686. The fourth-order valence-electron chi connectivity index (χ4n) is 0.990. The van der Waals surface area contributed by atoms with Crippen molar-refractivity contribution in [3.8, 4) is 0 Å². The van der Waals surface area contributed by atoms with E-state index in [-0.39, 0.29) is 10.7 Å². The summed E-state index contributed by atoms with van der Waals surface area (Å²) < 4.78 is 0. The van der Waals surface area contributed by atoms with Crippen molar-refractivity contribution in [2.45, 2.75) is 32.0 Å². The highest BCUT2D eigenvalue weighted by atomic mass is 79.9. The molecule has 2 unspecified atom stereocenters. The Morgan fingerprint density at radius 3 is 2.33 bits per heavy atom. The molecule has 0 aromatic carbocycles. The molecule has 0 spiro atoms. The molecule has 1 amide bonds. The number of alkyl halides is 1. The van der Waals surface area contributed by atoms with Crippen LogP contribution in [0.5, 0.6) is 0 Å². The molecule has 2 nitrogen and oxygen atoms in total. The van der Waals surface area contributed by atoms with E-state index in [4.69, 9.17) is 0 Å². The molecular weight excluding hydrogens is 218 g/mol. The van der Waals surface area contributed by atoms with Crippen molar-refractivity contribution in [2.75, 3.05) is 13.6 Å². The van der Waals surface area contributed by atoms with Gasteiger partial charge in [-0.15, -0.1) is 0 Å². The molecule has 0 saturated heterocycles. The van der Waals surface area contributed by atoms with Gasteiger partial charge < -0.3 is 4.90 Å². The summed E-state index contributed by atoms with van der Waals surface area (Å²) >= 11 is 3.26. The van der Waals surface area contributed by atoms with Gasteiger partial charge in [0.25, 0.3) is 0 Å². The SMILES string of the molecule is CCC(C)CN(C)C(=O)C(C)Br. The minimum Gasteiger partial charge on any atom is -0.345 e. The summed E-state index contributed by atoms with van der Waals surface area (Å²) in [5, 5.41) is 0. The van der Waals surface area contributed by atoms with Crippen molar-refractivity contribution in [1.82, 2.24) is 4.90 Å². The lowest BCUT2D eigenvalue weighted by molar-refractivity contribution is -0.129.